The summed E-state index contributed by atoms with van der Waals surface area (Å²) >= 11 is 6.30. The quantitative estimate of drug-likeness (QED) is 0.216. The van der Waals surface area contributed by atoms with Crippen molar-refractivity contribution < 1.29 is 17.9 Å². The summed E-state index contributed by atoms with van der Waals surface area (Å²) in [6, 6.07) is 10.4. The fourth-order valence-electron chi connectivity index (χ4n) is 6.10. The molecule has 2 aromatic carbocycles. The zero-order valence-electron chi connectivity index (χ0n) is 24.2. The van der Waals surface area contributed by atoms with E-state index in [4.69, 9.17) is 16.6 Å². The normalized spacial score (nSPS) is 15.3. The van der Waals surface area contributed by atoms with Crippen LogP contribution in [0.25, 0.3) is 16.7 Å². The van der Waals surface area contributed by atoms with Crippen molar-refractivity contribution in [1.82, 2.24) is 14.5 Å². The summed E-state index contributed by atoms with van der Waals surface area (Å²) in [6.45, 7) is 17.3. The second-order valence-corrected chi connectivity index (χ2v) is 17.5. The highest BCUT2D eigenvalue weighted by molar-refractivity contribution is 6.90. The fourth-order valence-corrected chi connectivity index (χ4v) is 11.5. The Labute approximate surface area is 241 Å². The molecule has 216 valence electrons. The molecule has 0 unspecified atom stereocenters. The van der Waals surface area contributed by atoms with Gasteiger partial charge in [-0.2, -0.15) is 0 Å². The maximum Gasteiger partial charge on any atom is 0.573 e. The third kappa shape index (κ3) is 6.14. The second kappa shape index (κ2) is 11.7. The van der Waals surface area contributed by atoms with Crippen molar-refractivity contribution in [2.24, 2.45) is 0 Å². The minimum absolute atomic E-state index is 0.138. The van der Waals surface area contributed by atoms with E-state index in [2.05, 4.69) is 86.7 Å². The van der Waals surface area contributed by atoms with E-state index in [1.54, 1.807) is 6.07 Å². The van der Waals surface area contributed by atoms with E-state index in [1.165, 1.54) is 12.1 Å². The van der Waals surface area contributed by atoms with Gasteiger partial charge in [0, 0.05) is 31.9 Å². The molecule has 1 aromatic heterocycles. The first kappa shape index (κ1) is 30.3. The molecule has 0 amide bonds. The monoisotopic (exact) mass is 590 g/mol. The number of anilines is 1. The van der Waals surface area contributed by atoms with E-state index in [9.17, 15) is 13.2 Å². The van der Waals surface area contributed by atoms with Gasteiger partial charge >= 0.3 is 6.36 Å². The van der Waals surface area contributed by atoms with Crippen molar-refractivity contribution in [2.75, 3.05) is 38.1 Å². The summed E-state index contributed by atoms with van der Waals surface area (Å²) in [5, 5.41) is -0.138. The van der Waals surface area contributed by atoms with Crippen LogP contribution >= 0.6 is 11.6 Å². The van der Waals surface area contributed by atoms with Gasteiger partial charge in [0.1, 0.15) is 13.8 Å². The van der Waals surface area contributed by atoms with E-state index >= 15 is 0 Å². The number of benzene rings is 2. The topological polar surface area (TPSA) is 33.5 Å². The summed E-state index contributed by atoms with van der Waals surface area (Å²) in [5.41, 5.74) is 8.30. The van der Waals surface area contributed by atoms with Gasteiger partial charge in [-0.05, 0) is 66.0 Å². The van der Waals surface area contributed by atoms with Crippen LogP contribution < -0.4 is 9.64 Å². The predicted octanol–water partition coefficient (Wildman–Crippen LogP) is 7.90. The summed E-state index contributed by atoms with van der Waals surface area (Å²) < 4.78 is 44.7. The van der Waals surface area contributed by atoms with Crippen LogP contribution in [0.5, 0.6) is 5.75 Å². The van der Waals surface area contributed by atoms with E-state index < -0.39 is 20.2 Å². The lowest BCUT2D eigenvalue weighted by atomic mass is 10.2. The zero-order valence-corrected chi connectivity index (χ0v) is 26.0. The third-order valence-corrected chi connectivity index (χ3v) is 14.7. The number of ether oxygens (including phenoxy) is 1. The van der Waals surface area contributed by atoms with Crippen LogP contribution in [0.1, 0.15) is 47.4 Å². The van der Waals surface area contributed by atoms with Crippen LogP contribution in [0.15, 0.2) is 36.4 Å². The lowest BCUT2D eigenvalue weighted by Gasteiger charge is -2.38. The Morgan fingerprint density at radius 3 is 2.05 bits per heavy atom. The molecule has 1 saturated heterocycles. The number of halogens is 4. The Hall–Kier alpha value is -2.67. The van der Waals surface area contributed by atoms with Crippen molar-refractivity contribution in [2.45, 2.75) is 64.5 Å². The molecule has 2 heterocycles. The van der Waals surface area contributed by atoms with E-state index in [-0.39, 0.29) is 5.02 Å². The number of nitrogens with zero attached hydrogens (tertiary/aromatic N) is 4. The molecular formula is C30H38ClF3N4OSi. The maximum atomic E-state index is 12.9. The van der Waals surface area contributed by atoms with Gasteiger partial charge in [-0.3, -0.25) is 4.57 Å². The first-order valence-corrected chi connectivity index (χ1v) is 16.4. The Morgan fingerprint density at radius 2 is 1.50 bits per heavy atom. The molecule has 1 aliphatic rings. The van der Waals surface area contributed by atoms with Crippen LogP contribution in [0.4, 0.5) is 18.9 Å². The molecule has 1 aliphatic heterocycles. The number of fused-ring (bicyclic) bond motifs is 1. The van der Waals surface area contributed by atoms with Crippen molar-refractivity contribution in [3.8, 4) is 22.9 Å². The molecule has 1 fully saturated rings. The number of likely N-dealkylation sites (N-methyl/N-ethyl adjacent to an activating group) is 1. The third-order valence-electron chi connectivity index (χ3n) is 8.16. The van der Waals surface area contributed by atoms with Gasteiger partial charge in [0.05, 0.1) is 21.7 Å². The van der Waals surface area contributed by atoms with Gasteiger partial charge < -0.3 is 14.5 Å². The number of hydrogen-bond acceptors (Lipinski definition) is 4. The van der Waals surface area contributed by atoms with Crippen molar-refractivity contribution in [3.63, 3.8) is 0 Å². The Balaban J connectivity index is 1.91. The highest BCUT2D eigenvalue weighted by Gasteiger charge is 2.42. The molecule has 0 aliphatic carbocycles. The van der Waals surface area contributed by atoms with Crippen molar-refractivity contribution in [3.05, 3.63) is 47.2 Å². The SMILES string of the molecule is CC(C)[Si](C#Cc1nc2ccc(N3CCN(C)CC3)cc2n1-c1ccc(OC(F)(F)F)c(Cl)c1)(C(C)C)C(C)C. The van der Waals surface area contributed by atoms with Gasteiger partial charge in [-0.1, -0.05) is 53.1 Å². The Morgan fingerprint density at radius 1 is 0.900 bits per heavy atom. The minimum atomic E-state index is -4.83. The molecule has 3 aromatic rings. The fraction of sp³-hybridized carbons (Fsp3) is 0.500. The standard InChI is InChI=1S/C30H38ClF3N4OSi/c1-20(2)40(21(3)4,22(5)6)17-12-29-35-26-10-8-23(37-15-13-36(7)14-16-37)19-27(26)38(29)24-9-11-28(25(31)18-24)39-30(32,33)34/h8-11,18-22H,13-16H2,1-7H3. The smallest absolute Gasteiger partial charge is 0.404 e. The molecule has 0 bridgehead atoms. The average Bonchev–Trinajstić information content (AvgIpc) is 3.22. The van der Waals surface area contributed by atoms with Crippen molar-refractivity contribution in [1.29, 1.82) is 0 Å². The molecule has 10 heteroatoms. The first-order valence-electron chi connectivity index (χ1n) is 13.8. The second-order valence-electron chi connectivity index (χ2n) is 11.5. The lowest BCUT2D eigenvalue weighted by molar-refractivity contribution is -0.274. The van der Waals surface area contributed by atoms with E-state index in [1.807, 2.05) is 10.6 Å². The number of alkyl halides is 3. The molecule has 0 saturated carbocycles. The van der Waals surface area contributed by atoms with Gasteiger partial charge in [0.25, 0.3) is 0 Å². The number of hydrogen-bond donors (Lipinski definition) is 0. The van der Waals surface area contributed by atoms with Crippen LogP contribution in [0.2, 0.25) is 21.6 Å². The number of imidazole rings is 1. The molecule has 0 atom stereocenters. The lowest BCUT2D eigenvalue weighted by Crippen LogP contribution is -2.44. The molecule has 4 rings (SSSR count). The first-order chi connectivity index (χ1) is 18.7. The molecule has 0 spiro atoms. The van der Waals surface area contributed by atoms with Crippen LogP contribution in [-0.2, 0) is 0 Å². The van der Waals surface area contributed by atoms with Crippen LogP contribution in [0.3, 0.4) is 0 Å². The summed E-state index contributed by atoms with van der Waals surface area (Å²) in [6.07, 6.45) is -4.83. The van der Waals surface area contributed by atoms with Crippen molar-refractivity contribution >= 4 is 36.4 Å². The molecule has 40 heavy (non-hydrogen) atoms. The Bertz CT molecular complexity index is 1390. The van der Waals surface area contributed by atoms with Crippen LogP contribution in [0, 0.1) is 11.5 Å². The minimum Gasteiger partial charge on any atom is -0.404 e. The number of aromatic nitrogens is 2. The summed E-state index contributed by atoms with van der Waals surface area (Å²) in [5.74, 6) is 3.55. The molecular weight excluding hydrogens is 553 g/mol. The Kier molecular flexibility index (Phi) is 8.84. The van der Waals surface area contributed by atoms with Gasteiger partial charge in [0.2, 0.25) is 0 Å². The molecule has 0 N–H and O–H groups in total. The zero-order chi connectivity index (χ0) is 29.4. The van der Waals surface area contributed by atoms with Gasteiger partial charge in [-0.25, -0.2) is 4.98 Å². The summed E-state index contributed by atoms with van der Waals surface area (Å²) in [4.78, 5) is 9.55. The number of rotatable bonds is 6. The van der Waals surface area contributed by atoms with E-state index in [0.29, 0.717) is 28.1 Å². The van der Waals surface area contributed by atoms with Crippen LogP contribution in [-0.4, -0.2) is 62.1 Å². The average molecular weight is 591 g/mol. The van der Waals surface area contributed by atoms with Gasteiger partial charge in [0.15, 0.2) is 5.82 Å². The summed E-state index contributed by atoms with van der Waals surface area (Å²) in [7, 11) is 0.0439. The highest BCUT2D eigenvalue weighted by Crippen LogP contribution is 2.41. The largest absolute Gasteiger partial charge is 0.573 e. The molecule has 0 radical (unpaired) electrons. The number of piperazine rings is 1. The predicted molar refractivity (Wildman–Crippen MR) is 160 cm³/mol. The maximum absolute atomic E-state index is 12.9. The highest BCUT2D eigenvalue weighted by atomic mass is 35.5. The molecule has 5 nitrogen and oxygen atoms in total. The van der Waals surface area contributed by atoms with Gasteiger partial charge in [-0.15, -0.1) is 18.7 Å². The van der Waals surface area contributed by atoms with E-state index in [0.717, 1.165) is 42.9 Å².